The molecule has 0 spiro atoms. The summed E-state index contributed by atoms with van der Waals surface area (Å²) >= 11 is 0. The minimum Gasteiger partial charge on any atom is -0.365 e. The molecule has 4 N–H and O–H groups in total. The summed E-state index contributed by atoms with van der Waals surface area (Å²) in [7, 11) is 0. The molecule has 0 bridgehead atoms. The summed E-state index contributed by atoms with van der Waals surface area (Å²) in [5.74, 6) is -0.896. The monoisotopic (exact) mass is 400 g/mol. The molecule has 1 unspecified atom stereocenters. The van der Waals surface area contributed by atoms with Crippen LogP contribution in [0.3, 0.4) is 0 Å². The maximum absolute atomic E-state index is 14.0. The van der Waals surface area contributed by atoms with E-state index < -0.39 is 5.91 Å². The number of primary amides is 1. The lowest BCUT2D eigenvalue weighted by Crippen LogP contribution is -2.27. The van der Waals surface area contributed by atoms with Crippen LogP contribution in [-0.2, 0) is 6.42 Å². The Morgan fingerprint density at radius 3 is 2.83 bits per heavy atom. The molecule has 1 atom stereocenters. The quantitative estimate of drug-likeness (QED) is 0.450. The number of halogens is 1. The molecule has 5 nitrogen and oxygen atoms in total. The number of aromatic nitrogens is 2. The third kappa shape index (κ3) is 3.25. The molecule has 0 aliphatic carbocycles. The van der Waals surface area contributed by atoms with Gasteiger partial charge in [0.1, 0.15) is 5.82 Å². The second-order valence-electron chi connectivity index (χ2n) is 7.68. The predicted octanol–water partition coefficient (Wildman–Crippen LogP) is 4.16. The van der Waals surface area contributed by atoms with Crippen molar-refractivity contribution in [3.05, 3.63) is 89.0 Å². The van der Waals surface area contributed by atoms with Crippen molar-refractivity contribution in [2.45, 2.75) is 18.9 Å². The van der Waals surface area contributed by atoms with Gasteiger partial charge in [0.25, 0.3) is 5.91 Å². The summed E-state index contributed by atoms with van der Waals surface area (Å²) in [6.07, 6.45) is 5.40. The van der Waals surface area contributed by atoms with Crippen LogP contribution in [0.25, 0.3) is 21.8 Å². The van der Waals surface area contributed by atoms with Gasteiger partial charge in [-0.05, 0) is 36.6 Å². The van der Waals surface area contributed by atoms with E-state index in [1.54, 1.807) is 6.07 Å². The summed E-state index contributed by atoms with van der Waals surface area (Å²) in [5, 5.41) is 4.95. The van der Waals surface area contributed by atoms with E-state index in [1.807, 2.05) is 18.2 Å². The van der Waals surface area contributed by atoms with Crippen LogP contribution >= 0.6 is 0 Å². The van der Waals surface area contributed by atoms with Gasteiger partial charge in [0.2, 0.25) is 0 Å². The highest BCUT2D eigenvalue weighted by molar-refractivity contribution is 6.15. The summed E-state index contributed by atoms with van der Waals surface area (Å²) in [6, 6.07) is 14.9. The lowest BCUT2D eigenvalue weighted by Gasteiger charge is -2.25. The van der Waals surface area contributed by atoms with Crippen molar-refractivity contribution in [1.29, 1.82) is 0 Å². The zero-order valence-corrected chi connectivity index (χ0v) is 16.3. The van der Waals surface area contributed by atoms with Crippen LogP contribution in [-0.4, -0.2) is 22.4 Å². The Bertz CT molecular complexity index is 1290. The molecule has 1 aliphatic heterocycles. The smallest absolute Gasteiger partial charge is 0.252 e. The number of hydrogen-bond acceptors (Lipinski definition) is 3. The first-order valence-corrected chi connectivity index (χ1v) is 9.95. The van der Waals surface area contributed by atoms with Crippen LogP contribution < -0.4 is 11.1 Å². The summed E-state index contributed by atoms with van der Waals surface area (Å²) < 4.78 is 14.0. The van der Waals surface area contributed by atoms with Gasteiger partial charge in [-0.1, -0.05) is 42.0 Å². The standard InChI is InChI=1S/C24H21FN4O/c25-16-6-7-19-17(12-16)21-22(29-19)18(24(26)30)13-28-23(21)20-11-15(8-9-27-20)10-14-4-2-1-3-5-14/h1-8,12-13,20,27,29H,9-11H2,(H2,26,30). The number of fused-ring (bicyclic) bond motifs is 3. The van der Waals surface area contributed by atoms with E-state index in [0.717, 1.165) is 36.0 Å². The maximum atomic E-state index is 14.0. The van der Waals surface area contributed by atoms with E-state index in [0.29, 0.717) is 16.5 Å². The Morgan fingerprint density at radius 2 is 2.03 bits per heavy atom. The molecule has 1 amide bonds. The van der Waals surface area contributed by atoms with E-state index in [4.69, 9.17) is 5.73 Å². The molecular weight excluding hydrogens is 379 g/mol. The molecule has 0 radical (unpaired) electrons. The van der Waals surface area contributed by atoms with Gasteiger partial charge in [0.15, 0.2) is 0 Å². The topological polar surface area (TPSA) is 83.8 Å². The molecule has 30 heavy (non-hydrogen) atoms. The zero-order valence-electron chi connectivity index (χ0n) is 16.3. The average molecular weight is 400 g/mol. The number of nitrogens with two attached hydrogens (primary N) is 1. The van der Waals surface area contributed by atoms with Crippen molar-refractivity contribution in [2.24, 2.45) is 5.73 Å². The highest BCUT2D eigenvalue weighted by Crippen LogP contribution is 2.35. The fraction of sp³-hybridized carbons (Fsp3) is 0.167. The molecule has 0 fully saturated rings. The number of nitrogens with zero attached hydrogens (tertiary/aromatic N) is 1. The first kappa shape index (κ1) is 18.5. The van der Waals surface area contributed by atoms with Gasteiger partial charge in [0.05, 0.1) is 22.8 Å². The van der Waals surface area contributed by atoms with Crippen molar-refractivity contribution in [3.8, 4) is 0 Å². The van der Waals surface area contributed by atoms with Gasteiger partial charge in [-0.15, -0.1) is 0 Å². The SMILES string of the molecule is NC(=O)c1cnc(C2CC(Cc3ccccc3)=CCN2)c2c1[nH]c1ccc(F)cc12. The van der Waals surface area contributed by atoms with Crippen molar-refractivity contribution in [2.75, 3.05) is 6.54 Å². The fourth-order valence-corrected chi connectivity index (χ4v) is 4.31. The largest absolute Gasteiger partial charge is 0.365 e. The molecule has 4 aromatic rings. The molecule has 1 aliphatic rings. The Hall–Kier alpha value is -3.51. The van der Waals surface area contributed by atoms with Gasteiger partial charge >= 0.3 is 0 Å². The molecule has 6 heteroatoms. The molecule has 0 saturated carbocycles. The van der Waals surface area contributed by atoms with Gasteiger partial charge < -0.3 is 16.0 Å². The fourth-order valence-electron chi connectivity index (χ4n) is 4.31. The number of carbonyl (C=O) groups excluding carboxylic acids is 1. The molecular formula is C24H21FN4O. The first-order chi connectivity index (χ1) is 14.6. The van der Waals surface area contributed by atoms with Crippen LogP contribution in [0.4, 0.5) is 4.39 Å². The Labute approximate surface area is 172 Å². The summed E-state index contributed by atoms with van der Waals surface area (Å²) in [4.78, 5) is 19.8. The molecule has 2 aromatic heterocycles. The number of hydrogen-bond donors (Lipinski definition) is 3. The minimum absolute atomic E-state index is 0.0413. The number of benzene rings is 2. The number of aromatic amines is 1. The van der Waals surface area contributed by atoms with Crippen LogP contribution in [0.15, 0.2) is 66.4 Å². The molecule has 2 aromatic carbocycles. The number of pyridine rings is 1. The highest BCUT2D eigenvalue weighted by Gasteiger charge is 2.24. The average Bonchev–Trinajstić information content (AvgIpc) is 3.12. The number of amides is 1. The molecule has 150 valence electrons. The first-order valence-electron chi connectivity index (χ1n) is 9.95. The second kappa shape index (κ2) is 7.39. The van der Waals surface area contributed by atoms with Crippen molar-refractivity contribution < 1.29 is 9.18 Å². The van der Waals surface area contributed by atoms with Gasteiger partial charge in [0, 0.05) is 29.0 Å². The lowest BCUT2D eigenvalue weighted by atomic mass is 9.92. The predicted molar refractivity (Wildman–Crippen MR) is 116 cm³/mol. The Kier molecular flexibility index (Phi) is 4.56. The van der Waals surface area contributed by atoms with Crippen LogP contribution in [0.1, 0.15) is 34.1 Å². The third-order valence-electron chi connectivity index (χ3n) is 5.71. The van der Waals surface area contributed by atoms with E-state index >= 15 is 0 Å². The molecule has 3 heterocycles. The minimum atomic E-state index is -0.563. The number of carbonyl (C=O) groups is 1. The Morgan fingerprint density at radius 1 is 1.20 bits per heavy atom. The number of rotatable bonds is 4. The zero-order chi connectivity index (χ0) is 20.7. The van der Waals surface area contributed by atoms with E-state index in [-0.39, 0.29) is 11.9 Å². The van der Waals surface area contributed by atoms with E-state index in [1.165, 1.54) is 29.5 Å². The Balaban J connectivity index is 1.59. The maximum Gasteiger partial charge on any atom is 0.252 e. The molecule has 5 rings (SSSR count). The van der Waals surface area contributed by atoms with E-state index in [9.17, 15) is 9.18 Å². The van der Waals surface area contributed by atoms with E-state index in [2.05, 4.69) is 33.5 Å². The number of nitrogens with one attached hydrogen (secondary N) is 2. The van der Waals surface area contributed by atoms with Gasteiger partial charge in [-0.25, -0.2) is 4.39 Å². The van der Waals surface area contributed by atoms with Crippen molar-refractivity contribution in [1.82, 2.24) is 15.3 Å². The highest BCUT2D eigenvalue weighted by atomic mass is 19.1. The summed E-state index contributed by atoms with van der Waals surface area (Å²) in [5.41, 5.74) is 10.6. The van der Waals surface area contributed by atoms with Crippen molar-refractivity contribution >= 4 is 27.7 Å². The van der Waals surface area contributed by atoms with Crippen LogP contribution in [0.5, 0.6) is 0 Å². The van der Waals surface area contributed by atoms with Gasteiger partial charge in [-0.3, -0.25) is 9.78 Å². The van der Waals surface area contributed by atoms with Gasteiger partial charge in [-0.2, -0.15) is 0 Å². The normalized spacial score (nSPS) is 16.7. The number of H-pyrrole nitrogens is 1. The molecule has 0 saturated heterocycles. The second-order valence-corrected chi connectivity index (χ2v) is 7.68. The van der Waals surface area contributed by atoms with Crippen LogP contribution in [0, 0.1) is 5.82 Å². The summed E-state index contributed by atoms with van der Waals surface area (Å²) in [6.45, 7) is 0.726. The van der Waals surface area contributed by atoms with Crippen LogP contribution in [0.2, 0.25) is 0 Å². The lowest BCUT2D eigenvalue weighted by molar-refractivity contribution is 0.100. The third-order valence-corrected chi connectivity index (χ3v) is 5.71. The van der Waals surface area contributed by atoms with Crippen molar-refractivity contribution in [3.63, 3.8) is 0 Å².